The van der Waals surface area contributed by atoms with Gasteiger partial charge >= 0.3 is 12.1 Å². The average molecular weight is 680 g/mol. The number of aromatic nitrogens is 2. The number of ether oxygens (including phenoxy) is 2. The maximum atomic E-state index is 17.0. The molecule has 5 heterocycles. The zero-order chi connectivity index (χ0) is 33.9. The van der Waals surface area contributed by atoms with E-state index in [4.69, 9.17) is 26.1 Å². The first-order valence-corrected chi connectivity index (χ1v) is 17.0. The number of likely N-dealkylation sites (N-methyl/N-ethyl adjacent to an activating group) is 1. The number of anilines is 1. The Morgan fingerprint density at radius 1 is 1.00 bits per heavy atom. The van der Waals surface area contributed by atoms with Crippen molar-refractivity contribution < 1.29 is 28.2 Å². The van der Waals surface area contributed by atoms with Crippen molar-refractivity contribution in [3.05, 3.63) is 53.1 Å². The minimum atomic E-state index is -0.791. The second kappa shape index (κ2) is 12.5. The van der Waals surface area contributed by atoms with E-state index in [-0.39, 0.29) is 57.3 Å². The maximum Gasteiger partial charge on any atom is 0.410 e. The van der Waals surface area contributed by atoms with Gasteiger partial charge in [-0.25, -0.2) is 13.6 Å². The van der Waals surface area contributed by atoms with Gasteiger partial charge in [-0.1, -0.05) is 35.9 Å². The van der Waals surface area contributed by atoms with Crippen LogP contribution in [0.5, 0.6) is 11.8 Å². The number of aromatic hydroxyl groups is 1. The van der Waals surface area contributed by atoms with E-state index < -0.39 is 23.0 Å². The summed E-state index contributed by atoms with van der Waals surface area (Å²) in [5.41, 5.74) is -0.379. The number of phenols is 1. The molecule has 1 N–H and O–H groups in total. The van der Waals surface area contributed by atoms with E-state index in [2.05, 4.69) is 21.8 Å². The Balaban J connectivity index is 1.35. The smallest absolute Gasteiger partial charge is 0.410 e. The predicted molar refractivity (Wildman–Crippen MR) is 182 cm³/mol. The second-order valence-corrected chi connectivity index (χ2v) is 14.6. The molecule has 0 aliphatic carbocycles. The number of likely N-dealkylation sites (tertiary alicyclic amines) is 1. The Kier molecular flexibility index (Phi) is 8.48. The first-order chi connectivity index (χ1) is 22.9. The molecule has 0 saturated carbocycles. The van der Waals surface area contributed by atoms with Crippen molar-refractivity contribution in [2.45, 2.75) is 76.6 Å². The van der Waals surface area contributed by atoms with Gasteiger partial charge in [0, 0.05) is 41.5 Å². The van der Waals surface area contributed by atoms with E-state index in [1.807, 2.05) is 25.7 Å². The van der Waals surface area contributed by atoms with Gasteiger partial charge in [0.05, 0.1) is 11.1 Å². The van der Waals surface area contributed by atoms with Crippen LogP contribution in [0.4, 0.5) is 19.4 Å². The molecular weight excluding hydrogens is 640 g/mol. The summed E-state index contributed by atoms with van der Waals surface area (Å²) in [6.45, 7) is 7.79. The molecule has 9 nitrogen and oxygen atoms in total. The molecule has 1 amide bonds. The zero-order valence-corrected chi connectivity index (χ0v) is 28.4. The minimum Gasteiger partial charge on any atom is -0.505 e. The lowest BCUT2D eigenvalue weighted by molar-refractivity contribution is 0.0123. The van der Waals surface area contributed by atoms with Crippen LogP contribution in [-0.4, -0.2) is 88.0 Å². The van der Waals surface area contributed by atoms with Crippen LogP contribution in [0.2, 0.25) is 5.02 Å². The van der Waals surface area contributed by atoms with Crippen LogP contribution in [0, 0.1) is 11.6 Å². The number of rotatable bonds is 5. The van der Waals surface area contributed by atoms with E-state index in [9.17, 15) is 14.3 Å². The van der Waals surface area contributed by atoms with E-state index in [1.54, 1.807) is 24.3 Å². The molecule has 2 unspecified atom stereocenters. The van der Waals surface area contributed by atoms with E-state index in [1.165, 1.54) is 12.1 Å². The van der Waals surface area contributed by atoms with E-state index in [0.717, 1.165) is 38.6 Å². The molecular formula is C36H40ClF2N5O4. The minimum absolute atomic E-state index is 0.00437. The quantitative estimate of drug-likeness (QED) is 0.231. The van der Waals surface area contributed by atoms with Crippen LogP contribution in [0.3, 0.4) is 0 Å². The summed E-state index contributed by atoms with van der Waals surface area (Å²) in [4.78, 5) is 28.9. The number of hydrogen-bond acceptors (Lipinski definition) is 8. The average Bonchev–Trinajstić information content (AvgIpc) is 3.21. The molecule has 4 saturated heterocycles. The molecule has 4 fully saturated rings. The number of carbonyl (C=O) groups is 1. The zero-order valence-electron chi connectivity index (χ0n) is 27.6. The number of piperazine rings is 1. The number of fused-ring (bicyclic) bond motifs is 6. The number of carbonyl (C=O) groups excluding carboxylic acids is 1. The topological polar surface area (TPSA) is 91.3 Å². The third kappa shape index (κ3) is 5.96. The summed E-state index contributed by atoms with van der Waals surface area (Å²) in [7, 11) is 2.05. The summed E-state index contributed by atoms with van der Waals surface area (Å²) in [5.74, 6) is -1.65. The molecule has 4 aromatic rings. The van der Waals surface area contributed by atoms with Crippen molar-refractivity contribution in [2.75, 3.05) is 38.2 Å². The number of amides is 1. The van der Waals surface area contributed by atoms with Gasteiger partial charge in [-0.05, 0) is 89.6 Å². The van der Waals surface area contributed by atoms with Crippen molar-refractivity contribution in [3.8, 4) is 22.9 Å². The molecule has 48 heavy (non-hydrogen) atoms. The van der Waals surface area contributed by atoms with Crippen molar-refractivity contribution in [2.24, 2.45) is 0 Å². The molecule has 8 rings (SSSR count). The highest BCUT2D eigenvalue weighted by molar-refractivity contribution is 6.35. The van der Waals surface area contributed by atoms with Crippen molar-refractivity contribution in [3.63, 3.8) is 0 Å². The molecule has 254 valence electrons. The molecule has 3 aromatic carbocycles. The normalized spacial score (nSPS) is 21.7. The van der Waals surface area contributed by atoms with Crippen LogP contribution in [0.25, 0.3) is 32.8 Å². The molecule has 1 aromatic heterocycles. The molecule has 4 aliphatic heterocycles. The Bertz CT molecular complexity index is 1900. The number of nitrogens with zero attached hydrogens (tertiary/aromatic N) is 5. The first-order valence-electron chi connectivity index (χ1n) is 16.6. The second-order valence-electron chi connectivity index (χ2n) is 14.2. The van der Waals surface area contributed by atoms with Crippen LogP contribution >= 0.6 is 11.6 Å². The highest BCUT2D eigenvalue weighted by atomic mass is 35.5. The van der Waals surface area contributed by atoms with Gasteiger partial charge in [-0.3, -0.25) is 0 Å². The highest BCUT2D eigenvalue weighted by Crippen LogP contribution is 2.44. The monoisotopic (exact) mass is 679 g/mol. The SMILES string of the molecule is CN1CCC[C@H]1COc1nc(N2CC3CCCC2CN3C(=O)OC(C)(C)C)c2cc(Cl)c(-c3cc(O)c(F)c4ccccc34)c(F)c2n1. The number of hydrogen-bond donors (Lipinski definition) is 1. The van der Waals surface area contributed by atoms with Gasteiger partial charge in [0.1, 0.15) is 23.5 Å². The Hall–Kier alpha value is -3.96. The molecule has 0 spiro atoms. The fourth-order valence-electron chi connectivity index (χ4n) is 7.42. The summed E-state index contributed by atoms with van der Waals surface area (Å²) >= 11 is 6.89. The van der Waals surface area contributed by atoms with Gasteiger partial charge in [0.2, 0.25) is 0 Å². The van der Waals surface area contributed by atoms with Gasteiger partial charge < -0.3 is 29.3 Å². The summed E-state index contributed by atoms with van der Waals surface area (Å²) in [6.07, 6.45) is 4.21. The number of benzene rings is 3. The largest absolute Gasteiger partial charge is 0.505 e. The van der Waals surface area contributed by atoms with E-state index >= 15 is 4.39 Å². The van der Waals surface area contributed by atoms with Gasteiger partial charge in [-0.15, -0.1) is 0 Å². The standard InChI is InChI=1S/C36H40ClF2N5O4/c1-36(2,3)48-35(46)44-18-20-9-7-10-21(44)17-43(20)33-26-15-27(37)29(25-16-28(45)30(38)24-13-6-5-12-23(24)25)31(39)32(26)40-34(41-33)47-19-22-11-8-14-42(22)4/h5-6,12-13,15-16,20-22,45H,7-11,14,17-19H2,1-4H3/t20?,21?,22-/m0/s1. The third-order valence-corrected chi connectivity index (χ3v) is 10.1. The van der Waals surface area contributed by atoms with Gasteiger partial charge in [-0.2, -0.15) is 9.97 Å². The summed E-state index contributed by atoms with van der Waals surface area (Å²) in [5, 5.41) is 11.5. The fourth-order valence-corrected chi connectivity index (χ4v) is 7.71. The molecule has 0 radical (unpaired) electrons. The third-order valence-electron chi connectivity index (χ3n) is 9.82. The van der Waals surface area contributed by atoms with Crippen LogP contribution in [0.1, 0.15) is 52.9 Å². The maximum absolute atomic E-state index is 17.0. The fraction of sp³-hybridized carbons (Fsp3) is 0.472. The first kappa shape index (κ1) is 32.6. The Morgan fingerprint density at radius 2 is 1.75 bits per heavy atom. The van der Waals surface area contributed by atoms with Crippen molar-refractivity contribution in [1.29, 1.82) is 0 Å². The van der Waals surface area contributed by atoms with Crippen LogP contribution in [0.15, 0.2) is 36.4 Å². The summed E-state index contributed by atoms with van der Waals surface area (Å²) < 4.78 is 43.9. The Labute approximate surface area is 283 Å². The molecule has 4 aliphatic rings. The van der Waals surface area contributed by atoms with Crippen molar-refractivity contribution >= 4 is 45.2 Å². The Morgan fingerprint density at radius 3 is 2.48 bits per heavy atom. The lowest BCUT2D eigenvalue weighted by atomic mass is 9.95. The number of halogens is 3. The molecule has 12 heteroatoms. The van der Waals surface area contributed by atoms with Gasteiger partial charge in [0.15, 0.2) is 17.4 Å². The molecule has 2 bridgehead atoms. The van der Waals surface area contributed by atoms with Crippen molar-refractivity contribution in [1.82, 2.24) is 19.8 Å². The highest BCUT2D eigenvalue weighted by Gasteiger charge is 2.42. The lowest BCUT2D eigenvalue weighted by Crippen LogP contribution is -2.59. The molecule has 3 atom stereocenters. The lowest BCUT2D eigenvalue weighted by Gasteiger charge is -2.44. The van der Waals surface area contributed by atoms with E-state index in [0.29, 0.717) is 36.3 Å². The predicted octanol–water partition coefficient (Wildman–Crippen LogP) is 7.54. The van der Waals surface area contributed by atoms with Crippen LogP contribution < -0.4 is 9.64 Å². The van der Waals surface area contributed by atoms with Crippen LogP contribution in [-0.2, 0) is 4.74 Å². The number of phenolic OH excluding ortho intramolecular Hbond substituents is 1. The summed E-state index contributed by atoms with van der Waals surface area (Å²) in [6, 6.07) is 9.38. The van der Waals surface area contributed by atoms with Gasteiger partial charge in [0.25, 0.3) is 0 Å².